The molecule has 0 aromatic rings. The van der Waals surface area contributed by atoms with E-state index in [9.17, 15) is 9.59 Å². The number of unbranched alkanes of at least 4 members (excludes halogenated alkanes) is 5. The number of carbonyl (C=O) groups excluding carboxylic acids is 2. The van der Waals surface area contributed by atoms with Crippen LogP contribution in [0.3, 0.4) is 0 Å². The minimum atomic E-state index is -0.301. The highest BCUT2D eigenvalue weighted by Crippen LogP contribution is 2.25. The fourth-order valence-corrected chi connectivity index (χ4v) is 2.17. The van der Waals surface area contributed by atoms with Crippen LogP contribution in [0.5, 0.6) is 0 Å². The molecule has 0 saturated heterocycles. The molecule has 2 N–H and O–H groups in total. The first-order chi connectivity index (χ1) is 11.7. The molecule has 0 bridgehead atoms. The molecule has 0 atom stereocenters. The maximum absolute atomic E-state index is 12.1. The molecule has 0 aliphatic rings. The average molecular weight is 361 g/mol. The van der Waals surface area contributed by atoms with Crippen molar-refractivity contribution in [1.29, 1.82) is 0 Å². The monoisotopic (exact) mass is 360 g/mol. The van der Waals surface area contributed by atoms with Crippen molar-refractivity contribution >= 4 is 11.8 Å². The van der Waals surface area contributed by atoms with Crippen molar-refractivity contribution in [1.82, 2.24) is 10.6 Å². The minimum absolute atomic E-state index is 0. The minimum Gasteiger partial charge on any atom is -0.369 e. The van der Waals surface area contributed by atoms with Crippen molar-refractivity contribution in [3.8, 4) is 0 Å². The Labute approximate surface area is 157 Å². The average Bonchev–Trinajstić information content (AvgIpc) is 2.54. The lowest BCUT2D eigenvalue weighted by molar-refractivity contribution is -0.131. The molecule has 0 aliphatic carbocycles. The third-order valence-electron chi connectivity index (χ3n) is 4.79. The number of hydrogen-bond acceptors (Lipinski definition) is 3. The Balaban J connectivity index is -0.00000288. The molecule has 2 amide bonds. The molecule has 25 heavy (non-hydrogen) atoms. The van der Waals surface area contributed by atoms with Gasteiger partial charge in [0.25, 0.3) is 0 Å². The standard InChI is InChI=1S/C20H40N2O3.2H2/c1-16(2)20(5,6)19(24)22-14-12-10-8-7-9-11-13-21-18(23)15-25-17(3)4;;/h16-17H,7-15H2,1-6H3,(H,21,23)(H,22,24);2*1H. The molecular weight excluding hydrogens is 316 g/mol. The molecule has 0 aromatic carbocycles. The first-order valence-corrected chi connectivity index (χ1v) is 9.84. The van der Waals surface area contributed by atoms with E-state index in [4.69, 9.17) is 4.74 Å². The highest BCUT2D eigenvalue weighted by Gasteiger charge is 2.30. The molecule has 0 rings (SSSR count). The van der Waals surface area contributed by atoms with E-state index in [1.165, 1.54) is 12.8 Å². The van der Waals surface area contributed by atoms with Gasteiger partial charge in [0.15, 0.2) is 0 Å². The number of amides is 2. The van der Waals surface area contributed by atoms with E-state index >= 15 is 0 Å². The molecule has 0 fully saturated rings. The second-order valence-corrected chi connectivity index (χ2v) is 7.96. The third kappa shape index (κ3) is 12.0. The van der Waals surface area contributed by atoms with Gasteiger partial charge >= 0.3 is 0 Å². The van der Waals surface area contributed by atoms with Gasteiger partial charge in [0.1, 0.15) is 6.61 Å². The molecule has 0 spiro atoms. The van der Waals surface area contributed by atoms with Crippen molar-refractivity contribution in [3.05, 3.63) is 0 Å². The molecule has 0 saturated carbocycles. The molecule has 0 unspecified atom stereocenters. The Morgan fingerprint density at radius 2 is 1.36 bits per heavy atom. The van der Waals surface area contributed by atoms with Crippen LogP contribution in [0.2, 0.25) is 0 Å². The predicted octanol–water partition coefficient (Wildman–Crippen LogP) is 4.16. The zero-order chi connectivity index (χ0) is 19.3. The molecule has 5 heteroatoms. The van der Waals surface area contributed by atoms with E-state index in [-0.39, 0.29) is 32.8 Å². The second kappa shape index (κ2) is 13.2. The Bertz CT molecular complexity index is 389. The Morgan fingerprint density at radius 3 is 1.84 bits per heavy atom. The van der Waals surface area contributed by atoms with Crippen LogP contribution in [0, 0.1) is 11.3 Å². The highest BCUT2D eigenvalue weighted by molar-refractivity contribution is 5.82. The zero-order valence-electron chi connectivity index (χ0n) is 17.2. The first-order valence-electron chi connectivity index (χ1n) is 9.84. The SMILES string of the molecule is CC(C)OCC(=O)NCCCCCCCCNC(=O)C(C)(C)C(C)C.[HH].[HH]. The first kappa shape index (κ1) is 23.9. The summed E-state index contributed by atoms with van der Waals surface area (Å²) in [5.74, 6) is 0.457. The topological polar surface area (TPSA) is 67.4 Å². The van der Waals surface area contributed by atoms with Gasteiger partial charge in [-0.3, -0.25) is 9.59 Å². The van der Waals surface area contributed by atoms with Crippen molar-refractivity contribution in [2.24, 2.45) is 11.3 Å². The van der Waals surface area contributed by atoms with E-state index in [2.05, 4.69) is 24.5 Å². The second-order valence-electron chi connectivity index (χ2n) is 7.96. The summed E-state index contributed by atoms with van der Waals surface area (Å²) in [6, 6.07) is 0. The van der Waals surface area contributed by atoms with Crippen LogP contribution >= 0.6 is 0 Å². The van der Waals surface area contributed by atoms with Gasteiger partial charge in [-0.05, 0) is 32.6 Å². The summed E-state index contributed by atoms with van der Waals surface area (Å²) < 4.78 is 5.25. The maximum atomic E-state index is 12.1. The summed E-state index contributed by atoms with van der Waals surface area (Å²) in [6.45, 7) is 13.6. The van der Waals surface area contributed by atoms with Crippen LogP contribution in [0.15, 0.2) is 0 Å². The van der Waals surface area contributed by atoms with Crippen molar-refractivity contribution in [2.45, 2.75) is 86.2 Å². The Morgan fingerprint density at radius 1 is 0.880 bits per heavy atom. The molecule has 0 radical (unpaired) electrons. The molecule has 152 valence electrons. The zero-order valence-corrected chi connectivity index (χ0v) is 17.2. The molecular formula is C20H44N2O3. The van der Waals surface area contributed by atoms with Crippen LogP contribution in [-0.2, 0) is 14.3 Å². The van der Waals surface area contributed by atoms with Crippen LogP contribution in [0.4, 0.5) is 0 Å². The summed E-state index contributed by atoms with van der Waals surface area (Å²) in [5.41, 5.74) is -0.301. The maximum Gasteiger partial charge on any atom is 0.246 e. The lowest BCUT2D eigenvalue weighted by Crippen LogP contribution is -2.40. The van der Waals surface area contributed by atoms with E-state index in [1.807, 2.05) is 27.7 Å². The fourth-order valence-electron chi connectivity index (χ4n) is 2.17. The Hall–Kier alpha value is -1.10. The van der Waals surface area contributed by atoms with Gasteiger partial charge in [0, 0.05) is 21.4 Å². The number of nitrogens with one attached hydrogen (secondary N) is 2. The number of carbonyl (C=O) groups is 2. The van der Waals surface area contributed by atoms with E-state index in [0.717, 1.165) is 38.8 Å². The van der Waals surface area contributed by atoms with E-state index in [1.54, 1.807) is 0 Å². The number of rotatable bonds is 14. The largest absolute Gasteiger partial charge is 0.369 e. The van der Waals surface area contributed by atoms with Gasteiger partial charge in [-0.1, -0.05) is 53.4 Å². The van der Waals surface area contributed by atoms with Gasteiger partial charge in [-0.2, -0.15) is 0 Å². The quantitative estimate of drug-likeness (QED) is 0.457. The van der Waals surface area contributed by atoms with E-state index < -0.39 is 0 Å². The van der Waals surface area contributed by atoms with Crippen molar-refractivity contribution < 1.29 is 17.2 Å². The lowest BCUT2D eigenvalue weighted by atomic mass is 9.80. The summed E-state index contributed by atoms with van der Waals surface area (Å²) in [4.78, 5) is 23.5. The Kier molecular flexibility index (Phi) is 12.6. The van der Waals surface area contributed by atoms with Crippen molar-refractivity contribution in [3.63, 3.8) is 0 Å². The summed E-state index contributed by atoms with van der Waals surface area (Å²) >= 11 is 0. The van der Waals surface area contributed by atoms with Crippen LogP contribution < -0.4 is 10.6 Å². The van der Waals surface area contributed by atoms with Gasteiger partial charge < -0.3 is 15.4 Å². The summed E-state index contributed by atoms with van der Waals surface area (Å²) in [5, 5.41) is 5.92. The number of ether oxygens (including phenoxy) is 1. The smallest absolute Gasteiger partial charge is 0.246 e. The van der Waals surface area contributed by atoms with E-state index in [0.29, 0.717) is 5.92 Å². The van der Waals surface area contributed by atoms with Crippen LogP contribution in [0.1, 0.15) is 82.9 Å². The molecule has 5 nitrogen and oxygen atoms in total. The summed E-state index contributed by atoms with van der Waals surface area (Å²) in [6.07, 6.45) is 6.73. The molecule has 0 heterocycles. The normalized spacial score (nSPS) is 11.8. The fraction of sp³-hybridized carbons (Fsp3) is 0.900. The van der Waals surface area contributed by atoms with Gasteiger partial charge in [0.05, 0.1) is 6.10 Å². The van der Waals surface area contributed by atoms with Gasteiger partial charge in [-0.15, -0.1) is 0 Å². The highest BCUT2D eigenvalue weighted by atomic mass is 16.5. The number of hydrogen-bond donors (Lipinski definition) is 2. The summed E-state index contributed by atoms with van der Waals surface area (Å²) in [7, 11) is 0. The van der Waals surface area contributed by atoms with Crippen LogP contribution in [-0.4, -0.2) is 37.6 Å². The lowest BCUT2D eigenvalue weighted by Gasteiger charge is -2.27. The third-order valence-corrected chi connectivity index (χ3v) is 4.79. The van der Waals surface area contributed by atoms with Crippen LogP contribution in [0.25, 0.3) is 0 Å². The van der Waals surface area contributed by atoms with Gasteiger partial charge in [0.2, 0.25) is 11.8 Å². The van der Waals surface area contributed by atoms with Crippen molar-refractivity contribution in [2.75, 3.05) is 19.7 Å². The van der Waals surface area contributed by atoms with Gasteiger partial charge in [-0.25, -0.2) is 0 Å². The molecule has 0 aromatic heterocycles. The molecule has 0 aliphatic heterocycles. The predicted molar refractivity (Wildman–Crippen MR) is 108 cm³/mol.